The molecule has 1 rings (SSSR count). The van der Waals surface area contributed by atoms with Crippen LogP contribution in [0.2, 0.25) is 0 Å². The number of alkyl halides is 1. The second kappa shape index (κ2) is 6.74. The summed E-state index contributed by atoms with van der Waals surface area (Å²) in [6.07, 6.45) is 2.57. The van der Waals surface area contributed by atoms with E-state index in [0.29, 0.717) is 32.4 Å². The fourth-order valence-electron chi connectivity index (χ4n) is 1.67. The lowest BCUT2D eigenvalue weighted by atomic mass is 10.0. The predicted molar refractivity (Wildman–Crippen MR) is 53.6 cm³/mol. The molecule has 5 heteroatoms. The molecule has 2 unspecified atom stereocenters. The van der Waals surface area contributed by atoms with E-state index in [4.69, 9.17) is 9.84 Å². The summed E-state index contributed by atoms with van der Waals surface area (Å²) in [6.45, 7) is 0.888. The van der Waals surface area contributed by atoms with Gasteiger partial charge in [-0.1, -0.05) is 0 Å². The molecule has 1 heterocycles. The molecule has 0 bridgehead atoms. The zero-order valence-electron chi connectivity index (χ0n) is 8.75. The van der Waals surface area contributed by atoms with Gasteiger partial charge < -0.3 is 15.2 Å². The van der Waals surface area contributed by atoms with E-state index in [9.17, 15) is 9.18 Å². The van der Waals surface area contributed by atoms with Crippen molar-refractivity contribution in [3.63, 3.8) is 0 Å². The second-order valence-electron chi connectivity index (χ2n) is 3.76. The third kappa shape index (κ3) is 4.57. The number of hydrogen-bond donors (Lipinski definition) is 2. The first-order valence-corrected chi connectivity index (χ1v) is 5.38. The molecule has 0 amide bonds. The highest BCUT2D eigenvalue weighted by Gasteiger charge is 2.26. The highest BCUT2D eigenvalue weighted by Crippen LogP contribution is 2.13. The first-order valence-electron chi connectivity index (χ1n) is 5.38. The fraction of sp³-hybridized carbons (Fsp3) is 0.900. The number of nitrogens with one attached hydrogen (secondary N) is 1. The topological polar surface area (TPSA) is 58.6 Å². The second-order valence-corrected chi connectivity index (χ2v) is 3.76. The molecule has 0 radical (unpaired) electrons. The van der Waals surface area contributed by atoms with Crippen LogP contribution in [0.15, 0.2) is 0 Å². The van der Waals surface area contributed by atoms with Crippen LogP contribution in [0.4, 0.5) is 4.39 Å². The van der Waals surface area contributed by atoms with Crippen molar-refractivity contribution in [1.82, 2.24) is 5.32 Å². The van der Waals surface area contributed by atoms with Gasteiger partial charge >= 0.3 is 5.97 Å². The van der Waals surface area contributed by atoms with Gasteiger partial charge in [-0.15, -0.1) is 0 Å². The van der Waals surface area contributed by atoms with Gasteiger partial charge in [0.2, 0.25) is 0 Å². The average Bonchev–Trinajstić information content (AvgIpc) is 2.25. The lowest BCUT2D eigenvalue weighted by molar-refractivity contribution is -0.141. The Labute approximate surface area is 88.8 Å². The van der Waals surface area contributed by atoms with Crippen LogP contribution in [0.1, 0.15) is 25.7 Å². The predicted octanol–water partition coefficient (Wildman–Crippen LogP) is 0.958. The Kier molecular flexibility index (Phi) is 5.57. The molecule has 88 valence electrons. The summed E-state index contributed by atoms with van der Waals surface area (Å²) >= 11 is 0. The molecule has 0 aromatic rings. The van der Waals surface area contributed by atoms with Crippen LogP contribution in [0.5, 0.6) is 0 Å². The Morgan fingerprint density at radius 2 is 2.33 bits per heavy atom. The number of aliphatic carboxylic acids is 1. The third-order valence-corrected chi connectivity index (χ3v) is 2.54. The van der Waals surface area contributed by atoms with Crippen LogP contribution in [0, 0.1) is 0 Å². The molecule has 4 nitrogen and oxygen atoms in total. The number of ether oxygens (including phenoxy) is 1. The van der Waals surface area contributed by atoms with Gasteiger partial charge in [0.25, 0.3) is 0 Å². The van der Waals surface area contributed by atoms with Crippen molar-refractivity contribution < 1.29 is 19.0 Å². The summed E-state index contributed by atoms with van der Waals surface area (Å²) in [6, 6.07) is -0.495. The Morgan fingerprint density at radius 3 is 3.00 bits per heavy atom. The van der Waals surface area contributed by atoms with Crippen molar-refractivity contribution in [2.45, 2.75) is 37.8 Å². The van der Waals surface area contributed by atoms with Gasteiger partial charge in [-0.3, -0.25) is 9.18 Å². The largest absolute Gasteiger partial charge is 0.480 e. The summed E-state index contributed by atoms with van der Waals surface area (Å²) < 4.78 is 17.3. The number of carboxylic acids is 1. The SMILES string of the molecule is O=C(O)C1CC(OCCCCF)CCN1. The van der Waals surface area contributed by atoms with Gasteiger partial charge in [0.1, 0.15) is 6.04 Å². The minimum absolute atomic E-state index is 0.00645. The summed E-state index contributed by atoms with van der Waals surface area (Å²) in [7, 11) is 0. The summed E-state index contributed by atoms with van der Waals surface area (Å²) in [4.78, 5) is 10.7. The molecule has 1 aliphatic heterocycles. The van der Waals surface area contributed by atoms with Crippen LogP contribution in [-0.2, 0) is 9.53 Å². The first kappa shape index (κ1) is 12.4. The molecular formula is C10H18FNO3. The molecule has 0 aliphatic carbocycles. The van der Waals surface area contributed by atoms with Gasteiger partial charge in [0, 0.05) is 6.61 Å². The van der Waals surface area contributed by atoms with Crippen LogP contribution in [0.25, 0.3) is 0 Å². The molecule has 15 heavy (non-hydrogen) atoms. The number of rotatable bonds is 6. The highest BCUT2D eigenvalue weighted by atomic mass is 19.1. The Morgan fingerprint density at radius 1 is 1.53 bits per heavy atom. The van der Waals surface area contributed by atoms with Crippen molar-refractivity contribution in [3.8, 4) is 0 Å². The number of carbonyl (C=O) groups is 1. The first-order chi connectivity index (χ1) is 7.24. The van der Waals surface area contributed by atoms with E-state index < -0.39 is 12.0 Å². The van der Waals surface area contributed by atoms with Crippen molar-refractivity contribution >= 4 is 5.97 Å². The number of hydrogen-bond acceptors (Lipinski definition) is 3. The van der Waals surface area contributed by atoms with Crippen molar-refractivity contribution in [3.05, 3.63) is 0 Å². The summed E-state index contributed by atoms with van der Waals surface area (Å²) in [5, 5.41) is 11.7. The normalized spacial score (nSPS) is 26.5. The standard InChI is InChI=1S/C10H18FNO3/c11-4-1-2-6-15-8-3-5-12-9(7-8)10(13)14/h8-9,12H,1-7H2,(H,13,14). The molecule has 1 saturated heterocycles. The van der Waals surface area contributed by atoms with Gasteiger partial charge in [0.05, 0.1) is 12.8 Å². The fourth-order valence-corrected chi connectivity index (χ4v) is 1.67. The van der Waals surface area contributed by atoms with Gasteiger partial charge in [-0.2, -0.15) is 0 Å². The maximum atomic E-state index is 11.8. The van der Waals surface area contributed by atoms with Crippen molar-refractivity contribution in [1.29, 1.82) is 0 Å². The van der Waals surface area contributed by atoms with Crippen molar-refractivity contribution in [2.24, 2.45) is 0 Å². The minimum Gasteiger partial charge on any atom is -0.480 e. The van der Waals surface area contributed by atoms with Crippen LogP contribution < -0.4 is 5.32 Å². The molecule has 1 aliphatic rings. The molecule has 2 N–H and O–H groups in total. The lowest BCUT2D eigenvalue weighted by Crippen LogP contribution is -2.46. The van der Waals surface area contributed by atoms with Gasteiger partial charge in [-0.05, 0) is 32.2 Å². The van der Waals surface area contributed by atoms with E-state index >= 15 is 0 Å². The molecule has 2 atom stereocenters. The maximum Gasteiger partial charge on any atom is 0.320 e. The third-order valence-electron chi connectivity index (χ3n) is 2.54. The zero-order valence-corrected chi connectivity index (χ0v) is 8.75. The molecule has 0 spiro atoms. The van der Waals surface area contributed by atoms with E-state index in [1.165, 1.54) is 0 Å². The molecule has 0 saturated carbocycles. The maximum absolute atomic E-state index is 11.8. The summed E-state index contributed by atoms with van der Waals surface area (Å²) in [5.74, 6) is -0.827. The zero-order chi connectivity index (χ0) is 11.1. The van der Waals surface area contributed by atoms with Gasteiger partial charge in [-0.25, -0.2) is 0 Å². The van der Waals surface area contributed by atoms with E-state index in [2.05, 4.69) is 5.32 Å². The highest BCUT2D eigenvalue weighted by molar-refractivity contribution is 5.73. The quantitative estimate of drug-likeness (QED) is 0.653. The number of halogens is 1. The smallest absolute Gasteiger partial charge is 0.320 e. The van der Waals surface area contributed by atoms with Crippen LogP contribution in [0.3, 0.4) is 0 Å². The Bertz CT molecular complexity index is 201. The summed E-state index contributed by atoms with van der Waals surface area (Å²) in [5.41, 5.74) is 0. The van der Waals surface area contributed by atoms with E-state index in [-0.39, 0.29) is 12.8 Å². The van der Waals surface area contributed by atoms with Crippen LogP contribution in [-0.4, -0.2) is 43.0 Å². The number of carboxylic acid groups (broad SMARTS) is 1. The lowest BCUT2D eigenvalue weighted by Gasteiger charge is -2.27. The minimum atomic E-state index is -0.827. The monoisotopic (exact) mass is 219 g/mol. The van der Waals surface area contributed by atoms with E-state index in [0.717, 1.165) is 6.42 Å². The van der Waals surface area contributed by atoms with E-state index in [1.807, 2.05) is 0 Å². The average molecular weight is 219 g/mol. The molecule has 0 aromatic heterocycles. The number of piperidine rings is 1. The molecule has 1 fully saturated rings. The van der Waals surface area contributed by atoms with Crippen LogP contribution >= 0.6 is 0 Å². The Hall–Kier alpha value is -0.680. The molecule has 0 aromatic carbocycles. The van der Waals surface area contributed by atoms with E-state index in [1.54, 1.807) is 0 Å². The Balaban J connectivity index is 2.15. The van der Waals surface area contributed by atoms with Gasteiger partial charge in [0.15, 0.2) is 0 Å². The number of unbranched alkanes of at least 4 members (excludes halogenated alkanes) is 1. The molecular weight excluding hydrogens is 201 g/mol. The van der Waals surface area contributed by atoms with Crippen molar-refractivity contribution in [2.75, 3.05) is 19.8 Å².